The number of hydrogen-bond donors (Lipinski definition) is 0. The highest BCUT2D eigenvalue weighted by atomic mass is 32.2. The first-order valence-corrected chi connectivity index (χ1v) is 7.89. The number of amides is 1. The number of methoxy groups -OCH3 is 1. The molecule has 22 heavy (non-hydrogen) atoms. The van der Waals surface area contributed by atoms with E-state index in [1.165, 1.54) is 0 Å². The van der Waals surface area contributed by atoms with E-state index in [1.807, 2.05) is 6.07 Å². The van der Waals surface area contributed by atoms with Crippen LogP contribution in [0.25, 0.3) is 0 Å². The van der Waals surface area contributed by atoms with Crippen LogP contribution >= 0.6 is 11.8 Å². The maximum absolute atomic E-state index is 12.7. The SMILES string of the molecule is COc1ccc(C(=O)N2CCSc3ccc(C=O)cc32)cc1. The van der Waals surface area contributed by atoms with Crippen molar-refractivity contribution in [1.29, 1.82) is 0 Å². The summed E-state index contributed by atoms with van der Waals surface area (Å²) in [5.41, 5.74) is 1.99. The predicted octanol–water partition coefficient (Wildman–Crippen LogP) is 3.26. The normalized spacial score (nSPS) is 13.4. The van der Waals surface area contributed by atoms with Crippen molar-refractivity contribution in [1.82, 2.24) is 0 Å². The minimum Gasteiger partial charge on any atom is -0.497 e. The molecule has 1 heterocycles. The van der Waals surface area contributed by atoms with Crippen molar-refractivity contribution in [2.24, 2.45) is 0 Å². The highest BCUT2D eigenvalue weighted by Gasteiger charge is 2.24. The van der Waals surface area contributed by atoms with Gasteiger partial charge in [-0.25, -0.2) is 0 Å². The molecule has 0 fully saturated rings. The summed E-state index contributed by atoms with van der Waals surface area (Å²) >= 11 is 1.70. The van der Waals surface area contributed by atoms with E-state index in [0.29, 0.717) is 17.7 Å². The van der Waals surface area contributed by atoms with Crippen LogP contribution in [-0.2, 0) is 0 Å². The Labute approximate surface area is 133 Å². The summed E-state index contributed by atoms with van der Waals surface area (Å²) < 4.78 is 5.11. The molecule has 0 bridgehead atoms. The van der Waals surface area contributed by atoms with Crippen molar-refractivity contribution in [3.63, 3.8) is 0 Å². The van der Waals surface area contributed by atoms with Crippen LogP contribution in [0.15, 0.2) is 47.4 Å². The maximum Gasteiger partial charge on any atom is 0.258 e. The van der Waals surface area contributed by atoms with E-state index < -0.39 is 0 Å². The Bertz CT molecular complexity index is 712. The van der Waals surface area contributed by atoms with Crippen LogP contribution in [0.3, 0.4) is 0 Å². The van der Waals surface area contributed by atoms with Crippen LogP contribution in [0.1, 0.15) is 20.7 Å². The fourth-order valence-electron chi connectivity index (χ4n) is 2.41. The number of rotatable bonds is 3. The Kier molecular flexibility index (Phi) is 4.15. The number of anilines is 1. The molecule has 5 heteroatoms. The average Bonchev–Trinajstić information content (AvgIpc) is 2.60. The monoisotopic (exact) mass is 313 g/mol. The maximum atomic E-state index is 12.7. The van der Waals surface area contributed by atoms with Crippen molar-refractivity contribution in [2.45, 2.75) is 4.90 Å². The fraction of sp³-hybridized carbons (Fsp3) is 0.176. The van der Waals surface area contributed by atoms with Gasteiger partial charge in [-0.1, -0.05) is 6.07 Å². The van der Waals surface area contributed by atoms with Gasteiger partial charge in [-0.3, -0.25) is 9.59 Å². The minimum absolute atomic E-state index is 0.0627. The molecule has 0 atom stereocenters. The van der Waals surface area contributed by atoms with Gasteiger partial charge in [-0.05, 0) is 36.4 Å². The summed E-state index contributed by atoms with van der Waals surface area (Å²) in [6.45, 7) is 0.630. The van der Waals surface area contributed by atoms with Crippen molar-refractivity contribution in [2.75, 3.05) is 24.3 Å². The molecular formula is C17H15NO3S. The van der Waals surface area contributed by atoms with Gasteiger partial charge in [0.05, 0.1) is 12.8 Å². The summed E-state index contributed by atoms with van der Waals surface area (Å²) in [4.78, 5) is 26.5. The second-order valence-electron chi connectivity index (χ2n) is 4.88. The number of benzene rings is 2. The highest BCUT2D eigenvalue weighted by molar-refractivity contribution is 7.99. The molecule has 0 saturated carbocycles. The molecule has 0 spiro atoms. The molecule has 4 nitrogen and oxygen atoms in total. The third kappa shape index (κ3) is 2.72. The zero-order valence-electron chi connectivity index (χ0n) is 12.1. The van der Waals surface area contributed by atoms with Crippen LogP contribution in [-0.4, -0.2) is 31.6 Å². The van der Waals surface area contributed by atoms with E-state index in [2.05, 4.69) is 0 Å². The number of hydrogen-bond acceptors (Lipinski definition) is 4. The highest BCUT2D eigenvalue weighted by Crippen LogP contribution is 2.36. The average molecular weight is 313 g/mol. The Balaban J connectivity index is 1.95. The number of nitrogens with zero attached hydrogens (tertiary/aromatic N) is 1. The van der Waals surface area contributed by atoms with Gasteiger partial charge in [0.2, 0.25) is 0 Å². The molecule has 0 saturated heterocycles. The summed E-state index contributed by atoms with van der Waals surface area (Å²) in [5, 5.41) is 0. The lowest BCUT2D eigenvalue weighted by atomic mass is 10.1. The van der Waals surface area contributed by atoms with Gasteiger partial charge in [0, 0.05) is 28.3 Å². The number of fused-ring (bicyclic) bond motifs is 1. The third-order valence-electron chi connectivity index (χ3n) is 3.56. The molecule has 2 aromatic rings. The molecule has 0 radical (unpaired) electrons. The van der Waals surface area contributed by atoms with Gasteiger partial charge in [-0.2, -0.15) is 0 Å². The lowest BCUT2D eigenvalue weighted by Gasteiger charge is -2.29. The summed E-state index contributed by atoms with van der Waals surface area (Å²) in [6.07, 6.45) is 0.801. The minimum atomic E-state index is -0.0627. The predicted molar refractivity (Wildman–Crippen MR) is 87.2 cm³/mol. The van der Waals surface area contributed by atoms with Crippen LogP contribution < -0.4 is 9.64 Å². The lowest BCUT2D eigenvalue weighted by molar-refractivity contribution is 0.0987. The van der Waals surface area contributed by atoms with E-state index in [0.717, 1.165) is 28.4 Å². The van der Waals surface area contributed by atoms with E-state index in [1.54, 1.807) is 60.2 Å². The topological polar surface area (TPSA) is 46.6 Å². The Morgan fingerprint density at radius 1 is 1.23 bits per heavy atom. The second kappa shape index (κ2) is 6.23. The molecule has 1 aliphatic rings. The number of aldehydes is 1. The van der Waals surface area contributed by atoms with Gasteiger partial charge in [-0.15, -0.1) is 11.8 Å². The first-order valence-electron chi connectivity index (χ1n) is 6.91. The number of carbonyl (C=O) groups excluding carboxylic acids is 2. The van der Waals surface area contributed by atoms with Gasteiger partial charge in [0.15, 0.2) is 0 Å². The largest absolute Gasteiger partial charge is 0.497 e. The van der Waals surface area contributed by atoms with Gasteiger partial charge < -0.3 is 9.64 Å². The first-order chi connectivity index (χ1) is 10.7. The third-order valence-corrected chi connectivity index (χ3v) is 4.61. The second-order valence-corrected chi connectivity index (χ2v) is 6.02. The van der Waals surface area contributed by atoms with Gasteiger partial charge >= 0.3 is 0 Å². The van der Waals surface area contributed by atoms with Crippen LogP contribution in [0.2, 0.25) is 0 Å². The molecule has 2 aromatic carbocycles. The smallest absolute Gasteiger partial charge is 0.258 e. The number of carbonyl (C=O) groups is 2. The standard InChI is InChI=1S/C17H15NO3S/c1-21-14-5-3-13(4-6-14)17(20)18-8-9-22-16-7-2-12(11-19)10-15(16)18/h2-7,10-11H,8-9H2,1H3. The molecule has 0 aliphatic carbocycles. The van der Waals surface area contributed by atoms with Crippen molar-refractivity contribution >= 4 is 29.6 Å². The Morgan fingerprint density at radius 3 is 2.68 bits per heavy atom. The number of ether oxygens (including phenoxy) is 1. The lowest BCUT2D eigenvalue weighted by Crippen LogP contribution is -2.35. The van der Waals surface area contributed by atoms with Crippen molar-refractivity contribution < 1.29 is 14.3 Å². The van der Waals surface area contributed by atoms with Crippen molar-refractivity contribution in [3.8, 4) is 5.75 Å². The molecule has 0 unspecified atom stereocenters. The van der Waals surface area contributed by atoms with Gasteiger partial charge in [0.25, 0.3) is 5.91 Å². The molecule has 112 valence electrons. The molecule has 0 N–H and O–H groups in total. The van der Waals surface area contributed by atoms with E-state index in [4.69, 9.17) is 4.74 Å². The van der Waals surface area contributed by atoms with Gasteiger partial charge in [0.1, 0.15) is 12.0 Å². The summed E-state index contributed by atoms with van der Waals surface area (Å²) in [7, 11) is 1.59. The van der Waals surface area contributed by atoms with Crippen LogP contribution in [0, 0.1) is 0 Å². The Hall–Kier alpha value is -2.27. The quantitative estimate of drug-likeness (QED) is 0.816. The Morgan fingerprint density at radius 2 is 2.00 bits per heavy atom. The molecule has 1 aliphatic heterocycles. The first kappa shape index (κ1) is 14.7. The summed E-state index contributed by atoms with van der Waals surface area (Å²) in [5.74, 6) is 1.50. The summed E-state index contributed by atoms with van der Waals surface area (Å²) in [6, 6.07) is 12.5. The van der Waals surface area contributed by atoms with Crippen molar-refractivity contribution in [3.05, 3.63) is 53.6 Å². The van der Waals surface area contributed by atoms with E-state index in [9.17, 15) is 9.59 Å². The van der Waals surface area contributed by atoms with Crippen LogP contribution in [0.5, 0.6) is 5.75 Å². The molecular weight excluding hydrogens is 298 g/mol. The zero-order valence-corrected chi connectivity index (χ0v) is 12.9. The zero-order chi connectivity index (χ0) is 15.5. The number of thioether (sulfide) groups is 1. The molecule has 3 rings (SSSR count). The van der Waals surface area contributed by atoms with E-state index in [-0.39, 0.29) is 5.91 Å². The van der Waals surface area contributed by atoms with E-state index >= 15 is 0 Å². The fourth-order valence-corrected chi connectivity index (χ4v) is 3.38. The van der Waals surface area contributed by atoms with Crippen LogP contribution in [0.4, 0.5) is 5.69 Å². The molecule has 0 aromatic heterocycles. The molecule has 1 amide bonds.